The van der Waals surface area contributed by atoms with E-state index in [1.165, 1.54) is 11.1 Å². The molecule has 4 heteroatoms. The van der Waals surface area contributed by atoms with Crippen LogP contribution >= 0.6 is 0 Å². The summed E-state index contributed by atoms with van der Waals surface area (Å²) in [5.41, 5.74) is 2.67. The fourth-order valence-electron chi connectivity index (χ4n) is 4.20. The van der Waals surface area contributed by atoms with Gasteiger partial charge in [0.15, 0.2) is 0 Å². The summed E-state index contributed by atoms with van der Waals surface area (Å²) in [6, 6.07) is 9.13. The lowest BCUT2D eigenvalue weighted by atomic mass is 9.86. The van der Waals surface area contributed by atoms with Gasteiger partial charge in [0.25, 0.3) is 0 Å². The molecule has 0 spiro atoms. The van der Waals surface area contributed by atoms with Crippen molar-refractivity contribution in [2.45, 2.75) is 59.1 Å². The van der Waals surface area contributed by atoms with Crippen LogP contribution in [0.2, 0.25) is 0 Å². The van der Waals surface area contributed by atoms with Crippen molar-refractivity contribution in [2.75, 3.05) is 40.5 Å². The van der Waals surface area contributed by atoms with Gasteiger partial charge in [-0.2, -0.15) is 0 Å². The van der Waals surface area contributed by atoms with E-state index in [-0.39, 0.29) is 18.0 Å². The van der Waals surface area contributed by atoms with E-state index in [9.17, 15) is 0 Å². The van der Waals surface area contributed by atoms with Crippen LogP contribution in [0, 0.1) is 11.8 Å². The van der Waals surface area contributed by atoms with Crippen LogP contribution in [-0.4, -0.2) is 50.5 Å². The van der Waals surface area contributed by atoms with Crippen molar-refractivity contribution in [3.05, 3.63) is 59.7 Å². The van der Waals surface area contributed by atoms with Crippen LogP contribution in [0.25, 0.3) is 0 Å². The number of benzene rings is 1. The molecule has 0 radical (unpaired) electrons. The summed E-state index contributed by atoms with van der Waals surface area (Å²) in [6.07, 6.45) is 11.8. The molecular weight excluding hydrogens is 406 g/mol. The van der Waals surface area contributed by atoms with Gasteiger partial charge in [-0.25, -0.2) is 0 Å². The summed E-state index contributed by atoms with van der Waals surface area (Å²) >= 11 is 0. The Balaban J connectivity index is 0.00000480. The van der Waals surface area contributed by atoms with Gasteiger partial charge >= 0.3 is 0 Å². The van der Waals surface area contributed by atoms with Gasteiger partial charge in [-0.1, -0.05) is 76.3 Å². The highest BCUT2D eigenvalue weighted by molar-refractivity contribution is 5.22. The van der Waals surface area contributed by atoms with Crippen LogP contribution in [0.15, 0.2) is 48.6 Å². The minimum absolute atomic E-state index is 0. The molecule has 1 aliphatic rings. The van der Waals surface area contributed by atoms with Gasteiger partial charge in [0.1, 0.15) is 13.1 Å². The zero-order valence-corrected chi connectivity index (χ0v) is 21.3. The van der Waals surface area contributed by atoms with E-state index < -0.39 is 0 Å². The average molecular weight is 450 g/mol. The molecule has 0 aliphatic heterocycles. The predicted molar refractivity (Wildman–Crippen MR) is 128 cm³/mol. The second kappa shape index (κ2) is 13.4. The smallest absolute Gasteiger partial charge is 0.104 e. The minimum Gasteiger partial charge on any atom is -1.00 e. The molecule has 0 fully saturated rings. The van der Waals surface area contributed by atoms with Crippen LogP contribution < -0.4 is 12.4 Å². The Bertz CT molecular complexity index is 679. The Hall–Kier alpha value is -1.13. The van der Waals surface area contributed by atoms with Crippen molar-refractivity contribution in [3.8, 4) is 0 Å². The first-order chi connectivity index (χ1) is 14.2. The Morgan fingerprint density at radius 3 is 2.16 bits per heavy atom. The summed E-state index contributed by atoms with van der Waals surface area (Å²) in [6.45, 7) is 13.1. The van der Waals surface area contributed by atoms with Gasteiger partial charge in [-0.15, -0.1) is 0 Å². The van der Waals surface area contributed by atoms with E-state index in [0.717, 1.165) is 43.4 Å². The summed E-state index contributed by atoms with van der Waals surface area (Å²) in [5.74, 6) is 1.31. The number of rotatable bonds is 13. The topological polar surface area (TPSA) is 18.5 Å². The van der Waals surface area contributed by atoms with Crippen LogP contribution in [0.5, 0.6) is 0 Å². The zero-order valence-electron chi connectivity index (χ0n) is 20.6. The van der Waals surface area contributed by atoms with E-state index in [4.69, 9.17) is 9.47 Å². The number of hydrogen-bond donors (Lipinski definition) is 0. The summed E-state index contributed by atoms with van der Waals surface area (Å²) in [5, 5.41) is 0. The molecule has 1 atom stereocenters. The van der Waals surface area contributed by atoms with Crippen molar-refractivity contribution >= 4 is 0 Å². The van der Waals surface area contributed by atoms with Crippen LogP contribution in [-0.2, 0) is 22.4 Å². The highest BCUT2D eigenvalue weighted by atomic mass is 35.5. The van der Waals surface area contributed by atoms with E-state index in [2.05, 4.69) is 90.4 Å². The largest absolute Gasteiger partial charge is 1.00 e. The molecule has 0 aromatic heterocycles. The Kier molecular flexibility index (Phi) is 12.1. The van der Waals surface area contributed by atoms with E-state index >= 15 is 0 Å². The molecular formula is C27H44ClNO2. The molecule has 31 heavy (non-hydrogen) atoms. The molecule has 1 aromatic carbocycles. The molecule has 0 bridgehead atoms. The maximum absolute atomic E-state index is 6.28. The first kappa shape index (κ1) is 27.9. The van der Waals surface area contributed by atoms with Crippen molar-refractivity contribution in [1.82, 2.24) is 0 Å². The summed E-state index contributed by atoms with van der Waals surface area (Å²) < 4.78 is 13.1. The number of ether oxygens (including phenoxy) is 2. The van der Waals surface area contributed by atoms with Gasteiger partial charge in [-0.05, 0) is 36.7 Å². The number of nitrogens with zero attached hydrogens (tertiary/aromatic N) is 1. The van der Waals surface area contributed by atoms with Gasteiger partial charge in [0.05, 0.1) is 39.5 Å². The Morgan fingerprint density at radius 1 is 0.903 bits per heavy atom. The second-order valence-corrected chi connectivity index (χ2v) is 10.3. The van der Waals surface area contributed by atoms with E-state index in [1.807, 2.05) is 0 Å². The van der Waals surface area contributed by atoms with Crippen molar-refractivity contribution in [2.24, 2.45) is 11.8 Å². The average Bonchev–Trinajstić information content (AvgIpc) is 2.66. The number of quaternary nitrogens is 1. The number of allylic oxidation sites excluding steroid dienone is 2. The SMILES string of the molecule is CC(C)Cc1ccc(C[N+](C)(C)CCOCCOC2(CC(C)C)C=CC=CC2)cc1.[Cl-]. The van der Waals surface area contributed by atoms with E-state index in [0.29, 0.717) is 25.0 Å². The van der Waals surface area contributed by atoms with Crippen molar-refractivity contribution in [1.29, 1.82) is 0 Å². The maximum Gasteiger partial charge on any atom is 0.104 e. The molecule has 0 saturated heterocycles. The first-order valence-corrected chi connectivity index (χ1v) is 11.7. The second-order valence-electron chi connectivity index (χ2n) is 10.3. The highest BCUT2D eigenvalue weighted by Gasteiger charge is 2.28. The van der Waals surface area contributed by atoms with E-state index in [1.54, 1.807) is 0 Å². The third kappa shape index (κ3) is 10.8. The molecule has 176 valence electrons. The molecule has 1 aromatic rings. The number of hydrogen-bond acceptors (Lipinski definition) is 2. The molecule has 1 unspecified atom stereocenters. The standard InChI is InChI=1S/C27H44NO2.ClH/c1-23(2)20-25-10-12-26(13-11-25)22-28(5,6)16-17-29-18-19-30-27(21-24(3)4)14-8-7-9-15-27;/h7-14,23-24H,15-22H2,1-6H3;1H/q+1;/p-1. The van der Waals surface area contributed by atoms with Gasteiger partial charge in [0, 0.05) is 5.56 Å². The zero-order chi connectivity index (χ0) is 22.0. The van der Waals surface area contributed by atoms with Crippen LogP contribution in [0.1, 0.15) is 51.7 Å². The van der Waals surface area contributed by atoms with Crippen molar-refractivity contribution in [3.63, 3.8) is 0 Å². The number of halogens is 1. The van der Waals surface area contributed by atoms with Gasteiger partial charge < -0.3 is 26.4 Å². The fourth-order valence-corrected chi connectivity index (χ4v) is 4.20. The molecule has 1 aliphatic carbocycles. The van der Waals surface area contributed by atoms with Gasteiger partial charge in [-0.3, -0.25) is 0 Å². The Morgan fingerprint density at radius 2 is 1.58 bits per heavy atom. The first-order valence-electron chi connectivity index (χ1n) is 11.7. The maximum atomic E-state index is 6.28. The van der Waals surface area contributed by atoms with Crippen LogP contribution in [0.4, 0.5) is 0 Å². The third-order valence-corrected chi connectivity index (χ3v) is 5.60. The number of likely N-dealkylation sites (N-methyl/N-ethyl adjacent to an activating group) is 1. The van der Waals surface area contributed by atoms with Gasteiger partial charge in [0.2, 0.25) is 0 Å². The third-order valence-electron chi connectivity index (χ3n) is 5.60. The normalized spacial score (nSPS) is 18.6. The minimum atomic E-state index is -0.149. The fraction of sp³-hybridized carbons (Fsp3) is 0.630. The van der Waals surface area contributed by atoms with Crippen molar-refractivity contribution < 1.29 is 26.4 Å². The lowest BCUT2D eigenvalue weighted by Crippen LogP contribution is -3.00. The highest BCUT2D eigenvalue weighted by Crippen LogP contribution is 2.29. The molecule has 2 rings (SSSR count). The summed E-state index contributed by atoms with van der Waals surface area (Å²) in [4.78, 5) is 0. The quantitative estimate of drug-likeness (QED) is 0.340. The monoisotopic (exact) mass is 449 g/mol. The molecule has 3 nitrogen and oxygen atoms in total. The summed E-state index contributed by atoms with van der Waals surface area (Å²) in [7, 11) is 4.55. The van der Waals surface area contributed by atoms with Crippen LogP contribution in [0.3, 0.4) is 0 Å². The predicted octanol–water partition coefficient (Wildman–Crippen LogP) is 2.80. The molecule has 0 N–H and O–H groups in total. The Labute approximate surface area is 197 Å². The molecule has 0 saturated carbocycles. The lowest BCUT2D eigenvalue weighted by molar-refractivity contribution is -0.904. The molecule has 0 heterocycles. The lowest BCUT2D eigenvalue weighted by Gasteiger charge is -2.33. The molecule has 0 amide bonds.